The van der Waals surface area contributed by atoms with Crippen LogP contribution in [0.25, 0.3) is 17.1 Å². The molecule has 0 radical (unpaired) electrons. The Labute approximate surface area is 148 Å². The van der Waals surface area contributed by atoms with Gasteiger partial charge in [0, 0.05) is 18.7 Å². The molecule has 1 atom stereocenters. The van der Waals surface area contributed by atoms with Gasteiger partial charge in [-0.15, -0.1) is 15.3 Å². The molecule has 134 valence electrons. The highest BCUT2D eigenvalue weighted by Gasteiger charge is 2.17. The van der Waals surface area contributed by atoms with E-state index in [1.807, 2.05) is 24.3 Å². The van der Waals surface area contributed by atoms with E-state index < -0.39 is 0 Å². The second kappa shape index (κ2) is 7.35. The van der Waals surface area contributed by atoms with E-state index in [9.17, 15) is 4.79 Å². The first kappa shape index (κ1) is 16.3. The lowest BCUT2D eigenvalue weighted by molar-refractivity contribution is -0.122. The Bertz CT molecular complexity index is 871. The van der Waals surface area contributed by atoms with Crippen LogP contribution in [0.3, 0.4) is 0 Å². The first-order chi connectivity index (χ1) is 12.8. The third kappa shape index (κ3) is 3.57. The fourth-order valence-electron chi connectivity index (χ4n) is 2.77. The van der Waals surface area contributed by atoms with Crippen molar-refractivity contribution in [3.63, 3.8) is 0 Å². The highest BCUT2D eigenvalue weighted by atomic mass is 16.5. The quantitative estimate of drug-likeness (QED) is 0.634. The van der Waals surface area contributed by atoms with Gasteiger partial charge >= 0.3 is 0 Å². The summed E-state index contributed by atoms with van der Waals surface area (Å²) in [4.78, 5) is 13.3. The lowest BCUT2D eigenvalue weighted by Gasteiger charge is -2.10. The Morgan fingerprint density at radius 2 is 2.23 bits per heavy atom. The molecule has 1 N–H and O–H groups in total. The Balaban J connectivity index is 1.44. The molecule has 11 heteroatoms. The molecule has 1 aliphatic heterocycles. The van der Waals surface area contributed by atoms with E-state index in [0.717, 1.165) is 25.1 Å². The van der Waals surface area contributed by atoms with Gasteiger partial charge in [-0.05, 0) is 40.6 Å². The normalized spacial score (nSPS) is 16.7. The number of tetrazole rings is 2. The van der Waals surface area contributed by atoms with Crippen LogP contribution in [0.2, 0.25) is 0 Å². The van der Waals surface area contributed by atoms with E-state index in [-0.39, 0.29) is 18.6 Å². The molecule has 1 saturated heterocycles. The minimum Gasteiger partial charge on any atom is -0.376 e. The van der Waals surface area contributed by atoms with Crippen molar-refractivity contribution in [1.82, 2.24) is 45.7 Å². The van der Waals surface area contributed by atoms with Crippen LogP contribution in [-0.4, -0.2) is 65.6 Å². The van der Waals surface area contributed by atoms with Crippen molar-refractivity contribution in [3.8, 4) is 17.1 Å². The van der Waals surface area contributed by atoms with Crippen molar-refractivity contribution < 1.29 is 9.53 Å². The van der Waals surface area contributed by atoms with Gasteiger partial charge in [0.1, 0.15) is 12.9 Å². The number of hydrogen-bond donors (Lipinski definition) is 1. The molecular formula is C15H17N9O2. The van der Waals surface area contributed by atoms with Crippen molar-refractivity contribution in [2.45, 2.75) is 25.5 Å². The van der Waals surface area contributed by atoms with Gasteiger partial charge in [-0.2, -0.15) is 9.48 Å². The molecule has 3 aromatic rings. The third-order valence-corrected chi connectivity index (χ3v) is 4.03. The number of ether oxygens (including phenoxy) is 1. The van der Waals surface area contributed by atoms with Crippen molar-refractivity contribution in [2.75, 3.05) is 13.2 Å². The zero-order chi connectivity index (χ0) is 17.8. The van der Waals surface area contributed by atoms with Crippen LogP contribution in [-0.2, 0) is 16.1 Å². The number of para-hydroxylation sites is 1. The van der Waals surface area contributed by atoms with Gasteiger partial charge in [-0.25, -0.2) is 0 Å². The van der Waals surface area contributed by atoms with E-state index in [4.69, 9.17) is 4.74 Å². The van der Waals surface area contributed by atoms with Crippen molar-refractivity contribution >= 4 is 5.91 Å². The minimum absolute atomic E-state index is 0.00717. The number of carbonyl (C=O) groups excluding carboxylic acids is 1. The molecule has 3 heterocycles. The molecule has 2 aromatic heterocycles. The van der Waals surface area contributed by atoms with Crippen LogP contribution in [0.1, 0.15) is 12.8 Å². The number of aromatic nitrogens is 8. The van der Waals surface area contributed by atoms with Crippen molar-refractivity contribution in [3.05, 3.63) is 30.6 Å². The molecule has 1 fully saturated rings. The van der Waals surface area contributed by atoms with E-state index in [1.54, 1.807) is 0 Å². The van der Waals surface area contributed by atoms with Crippen LogP contribution in [0, 0.1) is 0 Å². The summed E-state index contributed by atoms with van der Waals surface area (Å²) in [6, 6.07) is 7.41. The highest BCUT2D eigenvalue weighted by molar-refractivity contribution is 5.75. The standard InChI is InChI=1S/C15H17N9O2/c25-14(16-8-11-4-3-7-26-11)9-24-19-15(18-21-24)12-5-1-2-6-13(12)23-10-17-20-22-23/h1-2,5-6,10-11H,3-4,7-9H2,(H,16,25)/t11-/m1/s1. The zero-order valence-electron chi connectivity index (χ0n) is 13.9. The lowest BCUT2D eigenvalue weighted by Crippen LogP contribution is -2.34. The number of nitrogens with zero attached hydrogens (tertiary/aromatic N) is 8. The van der Waals surface area contributed by atoms with E-state index in [0.29, 0.717) is 17.9 Å². The topological polar surface area (TPSA) is 126 Å². The van der Waals surface area contributed by atoms with E-state index in [1.165, 1.54) is 15.8 Å². The monoisotopic (exact) mass is 355 g/mol. The largest absolute Gasteiger partial charge is 0.376 e. The average Bonchev–Trinajstić information content (AvgIpc) is 3.42. The SMILES string of the molecule is O=C(Cn1nnc(-c2ccccc2-n2cnnn2)n1)NC[C@H]1CCCO1. The van der Waals surface area contributed by atoms with Gasteiger partial charge in [-0.1, -0.05) is 12.1 Å². The van der Waals surface area contributed by atoms with E-state index in [2.05, 4.69) is 36.3 Å². The van der Waals surface area contributed by atoms with Crippen LogP contribution >= 0.6 is 0 Å². The summed E-state index contributed by atoms with van der Waals surface area (Å²) in [6.07, 6.45) is 3.60. The van der Waals surface area contributed by atoms with Crippen LogP contribution < -0.4 is 5.32 Å². The van der Waals surface area contributed by atoms with Gasteiger partial charge in [-0.3, -0.25) is 4.79 Å². The third-order valence-electron chi connectivity index (χ3n) is 4.03. The van der Waals surface area contributed by atoms with Crippen LogP contribution in [0.5, 0.6) is 0 Å². The maximum absolute atomic E-state index is 12.0. The predicted molar refractivity (Wildman–Crippen MR) is 87.9 cm³/mol. The summed E-state index contributed by atoms with van der Waals surface area (Å²) in [5.74, 6) is 0.209. The molecular weight excluding hydrogens is 338 g/mol. The molecule has 0 saturated carbocycles. The second-order valence-corrected chi connectivity index (χ2v) is 5.85. The summed E-state index contributed by atoms with van der Waals surface area (Å²) < 4.78 is 7.00. The van der Waals surface area contributed by atoms with Gasteiger partial charge in [0.25, 0.3) is 0 Å². The van der Waals surface area contributed by atoms with Crippen LogP contribution in [0.15, 0.2) is 30.6 Å². The highest BCUT2D eigenvalue weighted by Crippen LogP contribution is 2.21. The second-order valence-electron chi connectivity index (χ2n) is 5.85. The summed E-state index contributed by atoms with van der Waals surface area (Å²) in [6.45, 7) is 1.25. The maximum atomic E-state index is 12.0. The minimum atomic E-state index is -0.182. The molecule has 11 nitrogen and oxygen atoms in total. The van der Waals surface area contributed by atoms with Gasteiger partial charge < -0.3 is 10.1 Å². The molecule has 1 amide bonds. The summed E-state index contributed by atoms with van der Waals surface area (Å²) in [7, 11) is 0. The summed E-state index contributed by atoms with van der Waals surface area (Å²) in [5, 5.41) is 26.3. The Morgan fingerprint density at radius 3 is 3.04 bits per heavy atom. The molecule has 26 heavy (non-hydrogen) atoms. The molecule has 1 aromatic carbocycles. The zero-order valence-corrected chi connectivity index (χ0v) is 13.9. The molecule has 4 rings (SSSR count). The average molecular weight is 355 g/mol. The van der Waals surface area contributed by atoms with Crippen molar-refractivity contribution in [2.24, 2.45) is 0 Å². The smallest absolute Gasteiger partial charge is 0.243 e. The number of rotatable bonds is 6. The molecule has 1 aliphatic rings. The first-order valence-corrected chi connectivity index (χ1v) is 8.28. The first-order valence-electron chi connectivity index (χ1n) is 8.28. The Kier molecular flexibility index (Phi) is 4.60. The maximum Gasteiger partial charge on any atom is 0.243 e. The summed E-state index contributed by atoms with van der Waals surface area (Å²) in [5.41, 5.74) is 1.44. The van der Waals surface area contributed by atoms with Gasteiger partial charge in [0.05, 0.1) is 11.8 Å². The van der Waals surface area contributed by atoms with Crippen LogP contribution in [0.4, 0.5) is 0 Å². The number of carbonyl (C=O) groups is 1. The van der Waals surface area contributed by atoms with E-state index >= 15 is 0 Å². The molecule has 0 aliphatic carbocycles. The van der Waals surface area contributed by atoms with Gasteiger partial charge in [0.2, 0.25) is 11.7 Å². The fraction of sp³-hybridized carbons (Fsp3) is 0.400. The Hall–Kier alpha value is -3.21. The lowest BCUT2D eigenvalue weighted by atomic mass is 10.1. The molecule has 0 spiro atoms. The summed E-state index contributed by atoms with van der Waals surface area (Å²) >= 11 is 0. The number of nitrogens with one attached hydrogen (secondary N) is 1. The molecule has 0 unspecified atom stereocenters. The predicted octanol–water partition coefficient (Wildman–Crippen LogP) is -0.389. The van der Waals surface area contributed by atoms with Gasteiger partial charge in [0.15, 0.2) is 0 Å². The fourth-order valence-corrected chi connectivity index (χ4v) is 2.77. The van der Waals surface area contributed by atoms with Crippen molar-refractivity contribution in [1.29, 1.82) is 0 Å². The molecule has 0 bridgehead atoms. The number of amides is 1. The Morgan fingerprint density at radius 1 is 1.31 bits per heavy atom. The number of hydrogen-bond acceptors (Lipinski definition) is 8. The number of benzene rings is 1.